The molecule has 136 valence electrons. The van der Waals surface area contributed by atoms with Crippen molar-refractivity contribution in [1.29, 1.82) is 0 Å². The van der Waals surface area contributed by atoms with Crippen LogP contribution in [0, 0.1) is 0 Å². The van der Waals surface area contributed by atoms with Crippen LogP contribution in [0.5, 0.6) is 0 Å². The zero-order valence-corrected chi connectivity index (χ0v) is 14.7. The molecule has 2 rings (SSSR count). The Balaban J connectivity index is 1.41. The summed E-state index contributed by atoms with van der Waals surface area (Å²) in [4.78, 5) is 0. The molecule has 0 N–H and O–H groups in total. The van der Waals surface area contributed by atoms with Gasteiger partial charge in [-0.3, -0.25) is 0 Å². The summed E-state index contributed by atoms with van der Waals surface area (Å²) < 4.78 is 27.2. The van der Waals surface area contributed by atoms with E-state index in [2.05, 4.69) is 31.2 Å². The van der Waals surface area contributed by atoms with Crippen LogP contribution in [0.1, 0.15) is 30.9 Å². The van der Waals surface area contributed by atoms with E-state index in [-0.39, 0.29) is 6.10 Å². The summed E-state index contributed by atoms with van der Waals surface area (Å²) in [6, 6.07) is 8.47. The van der Waals surface area contributed by atoms with E-state index in [1.165, 1.54) is 11.1 Å². The number of rotatable bonds is 13. The maximum Gasteiger partial charge on any atom is 0.147 e. The van der Waals surface area contributed by atoms with E-state index in [0.717, 1.165) is 19.3 Å². The van der Waals surface area contributed by atoms with E-state index in [1.807, 2.05) is 0 Å². The monoisotopic (exact) mass is 338 g/mol. The quantitative estimate of drug-likeness (QED) is 0.518. The summed E-state index contributed by atoms with van der Waals surface area (Å²) in [5.41, 5.74) is 2.66. The molecule has 24 heavy (non-hydrogen) atoms. The lowest BCUT2D eigenvalue weighted by molar-refractivity contribution is 0.000569. The molecule has 0 saturated carbocycles. The first-order chi connectivity index (χ1) is 11.9. The maximum absolute atomic E-state index is 5.71. The number of hydrogen-bond donors (Lipinski definition) is 0. The van der Waals surface area contributed by atoms with Crippen LogP contribution in [0.3, 0.4) is 0 Å². The van der Waals surface area contributed by atoms with E-state index in [0.29, 0.717) is 53.0 Å². The molecule has 0 radical (unpaired) electrons. The van der Waals surface area contributed by atoms with Gasteiger partial charge in [-0.25, -0.2) is 0 Å². The fourth-order valence-corrected chi connectivity index (χ4v) is 2.59. The topological polar surface area (TPSA) is 46.2 Å². The Hall–Kier alpha value is -0.980. The highest BCUT2D eigenvalue weighted by atomic mass is 16.7. The molecule has 1 aliphatic heterocycles. The Morgan fingerprint density at radius 2 is 1.67 bits per heavy atom. The first-order valence-electron chi connectivity index (χ1n) is 8.89. The normalized spacial score (nSPS) is 17.5. The molecule has 1 aromatic rings. The molecule has 1 heterocycles. The molecule has 1 fully saturated rings. The summed E-state index contributed by atoms with van der Waals surface area (Å²) in [6.07, 6.45) is 3.32. The summed E-state index contributed by atoms with van der Waals surface area (Å²) in [7, 11) is 0. The van der Waals surface area contributed by atoms with Gasteiger partial charge in [0, 0.05) is 6.61 Å². The second-order valence-corrected chi connectivity index (χ2v) is 5.86. The van der Waals surface area contributed by atoms with Crippen LogP contribution < -0.4 is 0 Å². The van der Waals surface area contributed by atoms with Crippen molar-refractivity contribution in [3.63, 3.8) is 0 Å². The largest absolute Gasteiger partial charge is 0.379 e. The highest BCUT2D eigenvalue weighted by Crippen LogP contribution is 2.12. The van der Waals surface area contributed by atoms with Crippen molar-refractivity contribution in [1.82, 2.24) is 0 Å². The van der Waals surface area contributed by atoms with Gasteiger partial charge in [0.2, 0.25) is 0 Å². The third-order valence-electron chi connectivity index (χ3n) is 3.91. The molecule has 1 unspecified atom stereocenters. The number of benzene rings is 1. The van der Waals surface area contributed by atoms with E-state index in [9.17, 15) is 0 Å². The third kappa shape index (κ3) is 7.73. The van der Waals surface area contributed by atoms with Crippen LogP contribution in [0.2, 0.25) is 0 Å². The maximum atomic E-state index is 5.71. The fourth-order valence-electron chi connectivity index (χ4n) is 2.59. The third-order valence-corrected chi connectivity index (χ3v) is 3.91. The molecule has 0 amide bonds. The van der Waals surface area contributed by atoms with Crippen molar-refractivity contribution >= 4 is 0 Å². The van der Waals surface area contributed by atoms with E-state index < -0.39 is 0 Å². The van der Waals surface area contributed by atoms with Crippen molar-refractivity contribution in [2.24, 2.45) is 0 Å². The zero-order chi connectivity index (χ0) is 16.9. The molecular formula is C19H30O5. The molecule has 1 aliphatic rings. The average molecular weight is 338 g/mol. The lowest BCUT2D eigenvalue weighted by Gasteiger charge is -2.10. The van der Waals surface area contributed by atoms with Gasteiger partial charge in [0.05, 0.1) is 45.7 Å². The molecule has 5 heteroatoms. The second-order valence-electron chi connectivity index (χ2n) is 5.86. The lowest BCUT2D eigenvalue weighted by Crippen LogP contribution is -2.15. The molecule has 1 atom stereocenters. The zero-order valence-electron chi connectivity index (χ0n) is 14.7. The number of ether oxygens (including phenoxy) is 5. The van der Waals surface area contributed by atoms with Crippen LogP contribution in [-0.4, -0.2) is 52.5 Å². The van der Waals surface area contributed by atoms with Gasteiger partial charge in [0.1, 0.15) is 6.79 Å². The molecule has 1 saturated heterocycles. The van der Waals surface area contributed by atoms with Crippen molar-refractivity contribution < 1.29 is 23.7 Å². The average Bonchev–Trinajstić information content (AvgIpc) is 3.11. The first-order valence-corrected chi connectivity index (χ1v) is 8.89. The molecular weight excluding hydrogens is 308 g/mol. The Morgan fingerprint density at radius 1 is 0.958 bits per heavy atom. The van der Waals surface area contributed by atoms with Gasteiger partial charge < -0.3 is 23.7 Å². The summed E-state index contributed by atoms with van der Waals surface area (Å²) in [5.74, 6) is 0. The highest BCUT2D eigenvalue weighted by Gasteiger charge is 2.15. The summed E-state index contributed by atoms with van der Waals surface area (Å²) >= 11 is 0. The van der Waals surface area contributed by atoms with Gasteiger partial charge in [-0.2, -0.15) is 0 Å². The van der Waals surface area contributed by atoms with E-state index in [1.54, 1.807) is 0 Å². The molecule has 5 nitrogen and oxygen atoms in total. The lowest BCUT2D eigenvalue weighted by atomic mass is 10.0. The van der Waals surface area contributed by atoms with Crippen LogP contribution in [-0.2, 0) is 36.7 Å². The van der Waals surface area contributed by atoms with Crippen molar-refractivity contribution in [2.75, 3.05) is 46.4 Å². The Kier molecular flexibility index (Phi) is 9.99. The van der Waals surface area contributed by atoms with Crippen LogP contribution in [0.15, 0.2) is 24.3 Å². The predicted octanol–water partition coefficient (Wildman–Crippen LogP) is 2.95. The van der Waals surface area contributed by atoms with E-state index >= 15 is 0 Å². The van der Waals surface area contributed by atoms with Crippen LogP contribution in [0.4, 0.5) is 0 Å². The van der Waals surface area contributed by atoms with Gasteiger partial charge in [-0.15, -0.1) is 0 Å². The van der Waals surface area contributed by atoms with Crippen LogP contribution in [0.25, 0.3) is 0 Å². The molecule has 0 aliphatic carbocycles. The second kappa shape index (κ2) is 12.4. The predicted molar refractivity (Wildman–Crippen MR) is 92.0 cm³/mol. The van der Waals surface area contributed by atoms with Crippen LogP contribution >= 0.6 is 0 Å². The summed E-state index contributed by atoms with van der Waals surface area (Å²) in [5, 5.41) is 0. The standard InChI is InChI=1S/C19H30O5/c1-2-5-17-6-3-4-7-18(17)14-22-13-12-21-11-10-20-9-8-19-15-23-16-24-19/h3-4,6-7,19H,2,5,8-16H2,1H3. The molecule has 0 bridgehead atoms. The first kappa shape index (κ1) is 19.3. The van der Waals surface area contributed by atoms with Gasteiger partial charge in [-0.1, -0.05) is 37.6 Å². The van der Waals surface area contributed by atoms with Gasteiger partial charge in [-0.05, 0) is 24.0 Å². The van der Waals surface area contributed by atoms with Crippen molar-refractivity contribution in [2.45, 2.75) is 38.9 Å². The number of hydrogen-bond acceptors (Lipinski definition) is 5. The highest BCUT2D eigenvalue weighted by molar-refractivity contribution is 5.26. The van der Waals surface area contributed by atoms with Gasteiger partial charge in [0.15, 0.2) is 0 Å². The Bertz CT molecular complexity index is 432. The molecule has 0 spiro atoms. The molecule has 1 aromatic carbocycles. The van der Waals surface area contributed by atoms with Gasteiger partial charge in [0.25, 0.3) is 0 Å². The number of aryl methyl sites for hydroxylation is 1. The minimum absolute atomic E-state index is 0.190. The smallest absolute Gasteiger partial charge is 0.147 e. The SMILES string of the molecule is CCCc1ccccc1COCCOCCOCCC1COCO1. The fraction of sp³-hybridized carbons (Fsp3) is 0.684. The van der Waals surface area contributed by atoms with Gasteiger partial charge >= 0.3 is 0 Å². The van der Waals surface area contributed by atoms with Crippen molar-refractivity contribution in [3.05, 3.63) is 35.4 Å². The Labute approximate surface area is 145 Å². The minimum atomic E-state index is 0.190. The molecule has 0 aromatic heterocycles. The van der Waals surface area contributed by atoms with Crippen molar-refractivity contribution in [3.8, 4) is 0 Å². The minimum Gasteiger partial charge on any atom is -0.379 e. The van der Waals surface area contributed by atoms with E-state index in [4.69, 9.17) is 23.7 Å². The summed E-state index contributed by atoms with van der Waals surface area (Å²) in [6.45, 7) is 7.02. The Morgan fingerprint density at radius 3 is 2.38 bits per heavy atom.